The number of para-hydroxylation sites is 1. The lowest BCUT2D eigenvalue weighted by Crippen LogP contribution is -2.14. The molecule has 1 aromatic carbocycles. The van der Waals surface area contributed by atoms with Gasteiger partial charge in [0.05, 0.1) is 6.33 Å². The first kappa shape index (κ1) is 13.4. The molecule has 21 heavy (non-hydrogen) atoms. The molecule has 2 aromatic heterocycles. The van der Waals surface area contributed by atoms with Crippen LogP contribution in [0, 0.1) is 13.8 Å². The van der Waals surface area contributed by atoms with E-state index in [2.05, 4.69) is 19.7 Å². The average molecular weight is 300 g/mol. The Labute approximate surface area is 124 Å². The molecule has 106 valence electrons. The van der Waals surface area contributed by atoms with Crippen LogP contribution in [0.25, 0.3) is 11.0 Å². The largest absolute Gasteiger partial charge is 0.321 e. The molecule has 3 rings (SSSR count). The van der Waals surface area contributed by atoms with Gasteiger partial charge in [0, 0.05) is 5.69 Å². The van der Waals surface area contributed by atoms with Gasteiger partial charge in [-0.2, -0.15) is 4.37 Å². The number of rotatable bonds is 2. The highest BCUT2D eigenvalue weighted by molar-refractivity contribution is 7.09. The van der Waals surface area contributed by atoms with Crippen molar-refractivity contribution in [2.45, 2.75) is 13.8 Å². The second-order valence-corrected chi connectivity index (χ2v) is 5.43. The molecule has 0 aliphatic heterocycles. The summed E-state index contributed by atoms with van der Waals surface area (Å²) >= 11 is 0.972. The van der Waals surface area contributed by atoms with Gasteiger partial charge in [-0.3, -0.25) is 9.59 Å². The van der Waals surface area contributed by atoms with Crippen LogP contribution < -0.4 is 10.9 Å². The number of aryl methyl sites for hydroxylation is 2. The van der Waals surface area contributed by atoms with Gasteiger partial charge in [-0.1, -0.05) is 18.2 Å². The average Bonchev–Trinajstić information content (AvgIpc) is 2.88. The molecule has 0 aliphatic rings. The van der Waals surface area contributed by atoms with E-state index in [1.54, 1.807) is 0 Å². The molecule has 0 radical (unpaired) electrons. The Kier molecular flexibility index (Phi) is 3.26. The van der Waals surface area contributed by atoms with Crippen LogP contribution in [0.2, 0.25) is 0 Å². The summed E-state index contributed by atoms with van der Waals surface area (Å²) in [5.41, 5.74) is 2.89. The van der Waals surface area contributed by atoms with Crippen LogP contribution in [0.3, 0.4) is 0 Å². The van der Waals surface area contributed by atoms with Crippen molar-refractivity contribution in [3.8, 4) is 0 Å². The van der Waals surface area contributed by atoms with Gasteiger partial charge in [-0.15, -0.1) is 0 Å². The van der Waals surface area contributed by atoms with Crippen LogP contribution >= 0.6 is 11.5 Å². The van der Waals surface area contributed by atoms with E-state index in [4.69, 9.17) is 0 Å². The molecule has 2 N–H and O–H groups in total. The van der Waals surface area contributed by atoms with E-state index in [0.29, 0.717) is 10.4 Å². The van der Waals surface area contributed by atoms with E-state index in [0.717, 1.165) is 28.3 Å². The minimum Gasteiger partial charge on any atom is -0.321 e. The Morgan fingerprint density at radius 1 is 1.24 bits per heavy atom. The minimum atomic E-state index is -0.345. The lowest BCUT2D eigenvalue weighted by molar-refractivity contribution is 0.103. The van der Waals surface area contributed by atoms with Crippen LogP contribution in [-0.2, 0) is 0 Å². The number of benzene rings is 1. The van der Waals surface area contributed by atoms with E-state index in [1.807, 2.05) is 32.0 Å². The molecule has 0 fully saturated rings. The third kappa shape index (κ3) is 2.31. The topological polar surface area (TPSA) is 87.7 Å². The van der Waals surface area contributed by atoms with Crippen molar-refractivity contribution in [2.24, 2.45) is 0 Å². The lowest BCUT2D eigenvalue weighted by Gasteiger charge is -2.10. The van der Waals surface area contributed by atoms with Crippen molar-refractivity contribution in [2.75, 3.05) is 5.32 Å². The third-order valence-corrected chi connectivity index (χ3v) is 4.03. The Hall–Kier alpha value is -2.54. The van der Waals surface area contributed by atoms with Crippen LogP contribution in [-0.4, -0.2) is 20.2 Å². The lowest BCUT2D eigenvalue weighted by atomic mass is 10.1. The van der Waals surface area contributed by atoms with Crippen LogP contribution in [0.15, 0.2) is 29.3 Å². The second kappa shape index (κ2) is 5.10. The number of amides is 1. The van der Waals surface area contributed by atoms with Crippen molar-refractivity contribution in [3.63, 3.8) is 0 Å². The number of carbonyl (C=O) groups excluding carboxylic acids is 1. The number of nitrogens with one attached hydrogen (secondary N) is 2. The zero-order valence-corrected chi connectivity index (χ0v) is 12.2. The predicted octanol–water partition coefficient (Wildman–Crippen LogP) is 2.25. The van der Waals surface area contributed by atoms with Gasteiger partial charge in [-0.25, -0.2) is 4.98 Å². The first-order valence-corrected chi connectivity index (χ1v) is 7.06. The van der Waals surface area contributed by atoms with Crippen LogP contribution in [0.1, 0.15) is 20.8 Å². The second-order valence-electron chi connectivity index (χ2n) is 4.66. The first-order chi connectivity index (χ1) is 10.1. The Morgan fingerprint density at radius 3 is 2.67 bits per heavy atom. The number of aromatic nitrogens is 3. The number of hydrogen-bond donors (Lipinski definition) is 2. The first-order valence-electron chi connectivity index (χ1n) is 6.28. The summed E-state index contributed by atoms with van der Waals surface area (Å²) in [6, 6.07) is 5.79. The Balaban J connectivity index is 2.02. The summed E-state index contributed by atoms with van der Waals surface area (Å²) < 4.78 is 4.00. The molecule has 0 atom stereocenters. The van der Waals surface area contributed by atoms with Crippen LogP contribution in [0.5, 0.6) is 0 Å². The maximum absolute atomic E-state index is 12.4. The van der Waals surface area contributed by atoms with Gasteiger partial charge < -0.3 is 10.3 Å². The van der Waals surface area contributed by atoms with E-state index >= 15 is 0 Å². The zero-order valence-electron chi connectivity index (χ0n) is 11.4. The molecule has 0 aliphatic carbocycles. The maximum Gasteiger partial charge on any atom is 0.278 e. The molecule has 3 aromatic rings. The molecule has 6 nitrogen and oxygen atoms in total. The molecule has 0 saturated carbocycles. The van der Waals surface area contributed by atoms with Gasteiger partial charge in [0.2, 0.25) is 0 Å². The molecular weight excluding hydrogens is 288 g/mol. The van der Waals surface area contributed by atoms with Crippen molar-refractivity contribution in [1.82, 2.24) is 14.3 Å². The molecular formula is C14H12N4O2S. The Bertz CT molecular complexity index is 877. The number of H-pyrrole nitrogens is 1. The highest BCUT2D eigenvalue weighted by Crippen LogP contribution is 2.23. The molecule has 0 unspecified atom stereocenters. The molecule has 0 spiro atoms. The fraction of sp³-hybridized carbons (Fsp3) is 0.143. The van der Waals surface area contributed by atoms with Crippen molar-refractivity contribution in [3.05, 3.63) is 50.9 Å². The summed E-state index contributed by atoms with van der Waals surface area (Å²) in [5, 5.41) is 2.87. The quantitative estimate of drug-likeness (QED) is 0.760. The fourth-order valence-electron chi connectivity index (χ4n) is 2.11. The molecule has 0 saturated heterocycles. The van der Waals surface area contributed by atoms with E-state index in [-0.39, 0.29) is 17.0 Å². The Morgan fingerprint density at radius 2 is 1.95 bits per heavy atom. The van der Waals surface area contributed by atoms with Crippen molar-refractivity contribution < 1.29 is 4.79 Å². The van der Waals surface area contributed by atoms with Crippen LogP contribution in [0.4, 0.5) is 5.69 Å². The number of nitrogens with zero attached hydrogens (tertiary/aromatic N) is 2. The normalized spacial score (nSPS) is 10.8. The molecule has 1 amide bonds. The molecule has 0 bridgehead atoms. The van der Waals surface area contributed by atoms with E-state index in [9.17, 15) is 9.59 Å². The number of carbonyl (C=O) groups is 1. The van der Waals surface area contributed by atoms with Gasteiger partial charge in [-0.05, 0) is 36.5 Å². The summed E-state index contributed by atoms with van der Waals surface area (Å²) in [6.45, 7) is 3.85. The minimum absolute atomic E-state index is 0.189. The van der Waals surface area contributed by atoms with Gasteiger partial charge >= 0.3 is 0 Å². The number of anilines is 1. The van der Waals surface area contributed by atoms with Gasteiger partial charge in [0.15, 0.2) is 5.52 Å². The van der Waals surface area contributed by atoms with E-state index < -0.39 is 0 Å². The van der Waals surface area contributed by atoms with Crippen molar-refractivity contribution in [1.29, 1.82) is 0 Å². The number of hydrogen-bond acceptors (Lipinski definition) is 5. The van der Waals surface area contributed by atoms with Crippen molar-refractivity contribution >= 4 is 34.2 Å². The maximum atomic E-state index is 12.4. The smallest absolute Gasteiger partial charge is 0.278 e. The monoisotopic (exact) mass is 300 g/mol. The van der Waals surface area contributed by atoms with Gasteiger partial charge in [0.1, 0.15) is 10.4 Å². The standard InChI is InChI=1S/C14H12N4O2S/c1-7-4-3-5-8(2)9(7)17-14(20)12-10-11(18-21-12)13(19)16-6-15-10/h3-6H,1-2H3,(H,17,20)(H,15,16,19). The molecule has 7 heteroatoms. The third-order valence-electron chi connectivity index (χ3n) is 3.20. The SMILES string of the molecule is Cc1cccc(C)c1NC(=O)c1snc2c(=O)[nH]cnc12. The zero-order chi connectivity index (χ0) is 15.0. The number of aromatic amines is 1. The van der Waals surface area contributed by atoms with Gasteiger partial charge in [0.25, 0.3) is 11.5 Å². The predicted molar refractivity (Wildman–Crippen MR) is 81.9 cm³/mol. The highest BCUT2D eigenvalue weighted by atomic mass is 32.1. The number of fused-ring (bicyclic) bond motifs is 1. The summed E-state index contributed by atoms with van der Waals surface area (Å²) in [6.07, 6.45) is 1.27. The summed E-state index contributed by atoms with van der Waals surface area (Å²) in [4.78, 5) is 30.8. The summed E-state index contributed by atoms with van der Waals surface area (Å²) in [7, 11) is 0. The highest BCUT2D eigenvalue weighted by Gasteiger charge is 2.18. The summed E-state index contributed by atoms with van der Waals surface area (Å²) in [5.74, 6) is -0.307. The fourth-order valence-corrected chi connectivity index (χ4v) is 2.83. The van der Waals surface area contributed by atoms with E-state index in [1.165, 1.54) is 6.33 Å². The molecule has 2 heterocycles.